The van der Waals surface area contributed by atoms with Crippen molar-refractivity contribution in [1.82, 2.24) is 9.80 Å². The minimum atomic E-state index is 0.407. The molecule has 1 spiro atoms. The topological polar surface area (TPSA) is 15.7 Å². The number of hydrogen-bond acceptors (Lipinski definition) is 3. The maximum Gasteiger partial charge on any atom is 0.0483 e. The van der Waals surface area contributed by atoms with Crippen molar-refractivity contribution in [2.24, 2.45) is 5.92 Å². The molecule has 1 aliphatic carbocycles. The van der Waals surface area contributed by atoms with Crippen LogP contribution in [0.4, 0.5) is 0 Å². The van der Waals surface area contributed by atoms with Gasteiger partial charge in [0, 0.05) is 37.9 Å². The lowest BCUT2D eigenvalue weighted by Crippen LogP contribution is -2.50. The van der Waals surface area contributed by atoms with Gasteiger partial charge in [-0.25, -0.2) is 0 Å². The van der Waals surface area contributed by atoms with Crippen molar-refractivity contribution in [3.63, 3.8) is 0 Å². The Labute approximate surface area is 147 Å². The van der Waals surface area contributed by atoms with E-state index >= 15 is 0 Å². The van der Waals surface area contributed by atoms with Gasteiger partial charge in [-0.05, 0) is 69.7 Å². The molecule has 2 fully saturated rings. The van der Waals surface area contributed by atoms with Crippen LogP contribution in [0.25, 0.3) is 0 Å². The van der Waals surface area contributed by atoms with Crippen LogP contribution in [-0.2, 0) is 17.6 Å². The van der Waals surface area contributed by atoms with Crippen molar-refractivity contribution in [2.45, 2.75) is 50.1 Å². The highest BCUT2D eigenvalue weighted by molar-refractivity contribution is 5.29. The smallest absolute Gasteiger partial charge is 0.0483 e. The monoisotopic (exact) mass is 328 g/mol. The molecule has 2 heterocycles. The summed E-state index contributed by atoms with van der Waals surface area (Å²) >= 11 is 0. The van der Waals surface area contributed by atoms with Crippen molar-refractivity contribution >= 4 is 0 Å². The van der Waals surface area contributed by atoms with Gasteiger partial charge < -0.3 is 9.64 Å². The van der Waals surface area contributed by atoms with Gasteiger partial charge in [0.2, 0.25) is 0 Å². The Morgan fingerprint density at radius 2 is 1.92 bits per heavy atom. The SMILES string of the molecule is CN(C)C1CN(CC2CCc3ccccc3C2)C2(CCOCC2)C1. The van der Waals surface area contributed by atoms with Crippen LogP contribution in [0.2, 0.25) is 0 Å². The van der Waals surface area contributed by atoms with E-state index in [2.05, 4.69) is 48.2 Å². The van der Waals surface area contributed by atoms with Crippen LogP contribution < -0.4 is 0 Å². The van der Waals surface area contributed by atoms with Gasteiger partial charge >= 0.3 is 0 Å². The highest BCUT2D eigenvalue weighted by atomic mass is 16.5. The van der Waals surface area contributed by atoms with Crippen LogP contribution in [0.1, 0.15) is 36.8 Å². The third kappa shape index (κ3) is 3.14. The highest BCUT2D eigenvalue weighted by Crippen LogP contribution is 2.40. The molecule has 0 bridgehead atoms. The molecule has 1 aromatic rings. The minimum absolute atomic E-state index is 0.407. The van der Waals surface area contributed by atoms with E-state index in [1.165, 1.54) is 51.6 Å². The first kappa shape index (κ1) is 16.6. The van der Waals surface area contributed by atoms with Crippen molar-refractivity contribution in [1.29, 1.82) is 0 Å². The van der Waals surface area contributed by atoms with E-state index in [0.717, 1.165) is 19.1 Å². The van der Waals surface area contributed by atoms with Crippen molar-refractivity contribution in [3.8, 4) is 0 Å². The number of nitrogens with zero attached hydrogens (tertiary/aromatic N) is 2. The van der Waals surface area contributed by atoms with Crippen LogP contribution in [0.3, 0.4) is 0 Å². The number of hydrogen-bond donors (Lipinski definition) is 0. The summed E-state index contributed by atoms with van der Waals surface area (Å²) < 4.78 is 5.70. The molecule has 1 aromatic carbocycles. The average Bonchev–Trinajstić information content (AvgIpc) is 2.93. The first-order chi connectivity index (χ1) is 11.7. The van der Waals surface area contributed by atoms with E-state index in [1.807, 2.05) is 0 Å². The summed E-state index contributed by atoms with van der Waals surface area (Å²) in [7, 11) is 4.50. The molecule has 0 saturated carbocycles. The van der Waals surface area contributed by atoms with Gasteiger partial charge in [0.15, 0.2) is 0 Å². The Morgan fingerprint density at radius 1 is 1.17 bits per heavy atom. The lowest BCUT2D eigenvalue weighted by molar-refractivity contribution is -0.0142. The van der Waals surface area contributed by atoms with E-state index < -0.39 is 0 Å². The van der Waals surface area contributed by atoms with Gasteiger partial charge in [0.1, 0.15) is 0 Å². The molecule has 0 radical (unpaired) electrons. The molecule has 2 aliphatic heterocycles. The highest BCUT2D eigenvalue weighted by Gasteiger charge is 2.47. The lowest BCUT2D eigenvalue weighted by atomic mass is 9.81. The van der Waals surface area contributed by atoms with Gasteiger partial charge in [-0.15, -0.1) is 0 Å². The quantitative estimate of drug-likeness (QED) is 0.848. The Balaban J connectivity index is 1.48. The number of ether oxygens (including phenoxy) is 1. The van der Waals surface area contributed by atoms with Crippen LogP contribution in [-0.4, -0.2) is 61.8 Å². The van der Waals surface area contributed by atoms with Gasteiger partial charge in [-0.1, -0.05) is 24.3 Å². The maximum absolute atomic E-state index is 5.70. The summed E-state index contributed by atoms with van der Waals surface area (Å²) in [6, 6.07) is 9.78. The first-order valence-electron chi connectivity index (χ1n) is 9.72. The Bertz CT molecular complexity index is 565. The molecule has 132 valence electrons. The zero-order valence-electron chi connectivity index (χ0n) is 15.3. The molecule has 0 N–H and O–H groups in total. The van der Waals surface area contributed by atoms with Crippen molar-refractivity contribution in [3.05, 3.63) is 35.4 Å². The van der Waals surface area contributed by atoms with Crippen LogP contribution in [0.5, 0.6) is 0 Å². The predicted octanol–water partition coefficient (Wildman–Crippen LogP) is 2.98. The molecule has 0 aromatic heterocycles. The van der Waals surface area contributed by atoms with Crippen LogP contribution in [0.15, 0.2) is 24.3 Å². The summed E-state index contributed by atoms with van der Waals surface area (Å²) in [5, 5.41) is 0. The summed E-state index contributed by atoms with van der Waals surface area (Å²) in [6.07, 6.45) is 7.66. The molecule has 2 saturated heterocycles. The third-order valence-corrected chi connectivity index (χ3v) is 6.80. The van der Waals surface area contributed by atoms with Gasteiger partial charge in [0.05, 0.1) is 0 Å². The summed E-state index contributed by atoms with van der Waals surface area (Å²) in [5.74, 6) is 0.820. The molecule has 2 unspecified atom stereocenters. The van der Waals surface area contributed by atoms with E-state index in [1.54, 1.807) is 11.1 Å². The van der Waals surface area contributed by atoms with Crippen LogP contribution >= 0.6 is 0 Å². The standard InChI is InChI=1S/C21H32N2O/c1-22(2)20-14-21(9-11-24-12-10-21)23(16-20)15-17-7-8-18-5-3-4-6-19(18)13-17/h3-6,17,20H,7-16H2,1-2H3. The minimum Gasteiger partial charge on any atom is -0.381 e. The Kier molecular flexibility index (Phi) is 4.68. The van der Waals surface area contributed by atoms with E-state index in [0.29, 0.717) is 11.6 Å². The number of aryl methyl sites for hydroxylation is 1. The molecule has 4 rings (SSSR count). The van der Waals surface area contributed by atoms with Crippen LogP contribution in [0, 0.1) is 5.92 Å². The number of rotatable bonds is 3. The first-order valence-corrected chi connectivity index (χ1v) is 9.72. The average molecular weight is 329 g/mol. The number of likely N-dealkylation sites (tertiary alicyclic amines) is 1. The van der Waals surface area contributed by atoms with Gasteiger partial charge in [0.25, 0.3) is 0 Å². The normalized spacial score (nSPS) is 30.0. The lowest BCUT2D eigenvalue weighted by Gasteiger charge is -2.43. The van der Waals surface area contributed by atoms with Gasteiger partial charge in [-0.3, -0.25) is 4.90 Å². The molecule has 2 atom stereocenters. The molecular formula is C21H32N2O. The maximum atomic E-state index is 5.70. The van der Waals surface area contributed by atoms with Crippen molar-refractivity contribution in [2.75, 3.05) is 40.4 Å². The molecule has 3 aliphatic rings. The third-order valence-electron chi connectivity index (χ3n) is 6.80. The second-order valence-corrected chi connectivity index (χ2v) is 8.44. The molecule has 3 nitrogen and oxygen atoms in total. The zero-order valence-corrected chi connectivity index (χ0v) is 15.3. The molecule has 3 heteroatoms. The van der Waals surface area contributed by atoms with E-state index in [-0.39, 0.29) is 0 Å². The number of benzene rings is 1. The number of likely N-dealkylation sites (N-methyl/N-ethyl adjacent to an activating group) is 1. The van der Waals surface area contributed by atoms with Gasteiger partial charge in [-0.2, -0.15) is 0 Å². The Hall–Kier alpha value is -0.900. The number of fused-ring (bicyclic) bond motifs is 1. The van der Waals surface area contributed by atoms with E-state index in [9.17, 15) is 0 Å². The largest absolute Gasteiger partial charge is 0.381 e. The zero-order chi connectivity index (χ0) is 16.6. The predicted molar refractivity (Wildman–Crippen MR) is 98.4 cm³/mol. The fraction of sp³-hybridized carbons (Fsp3) is 0.714. The fourth-order valence-corrected chi connectivity index (χ4v) is 5.21. The second kappa shape index (κ2) is 6.78. The van der Waals surface area contributed by atoms with Crippen molar-refractivity contribution < 1.29 is 4.74 Å². The summed E-state index contributed by atoms with van der Waals surface area (Å²) in [4.78, 5) is 5.30. The molecule has 0 amide bonds. The summed E-state index contributed by atoms with van der Waals surface area (Å²) in [5.41, 5.74) is 3.59. The molecular weight excluding hydrogens is 296 g/mol. The molecule has 24 heavy (non-hydrogen) atoms. The Morgan fingerprint density at radius 3 is 2.67 bits per heavy atom. The summed E-state index contributed by atoms with van der Waals surface area (Å²) in [6.45, 7) is 4.41. The second-order valence-electron chi connectivity index (χ2n) is 8.44. The fourth-order valence-electron chi connectivity index (χ4n) is 5.21. The van der Waals surface area contributed by atoms with E-state index in [4.69, 9.17) is 4.74 Å².